The molecule has 1 N–H and O–H groups in total. The molecule has 20 heavy (non-hydrogen) atoms. The predicted molar refractivity (Wildman–Crippen MR) is 64.4 cm³/mol. The van der Waals surface area contributed by atoms with Crippen LogP contribution in [0.15, 0.2) is 0 Å². The number of hydrogen-bond donors (Lipinski definition) is 1. The van der Waals surface area contributed by atoms with Crippen LogP contribution in [0.4, 0.5) is 0 Å². The van der Waals surface area contributed by atoms with E-state index in [0.717, 1.165) is 0 Å². The lowest BCUT2D eigenvalue weighted by molar-refractivity contribution is -0.769. The van der Waals surface area contributed by atoms with Crippen LogP contribution in [0, 0.1) is 10.1 Å². The topological polar surface area (TPSA) is 109 Å². The van der Waals surface area contributed by atoms with Crippen molar-refractivity contribution in [2.45, 2.75) is 37.8 Å². The highest BCUT2D eigenvalue weighted by atomic mass is 17.0. The Morgan fingerprint density at radius 3 is 2.65 bits per heavy atom. The van der Waals surface area contributed by atoms with Crippen LogP contribution >= 0.6 is 0 Å². The van der Waals surface area contributed by atoms with Gasteiger partial charge < -0.3 is 24.4 Å². The van der Waals surface area contributed by atoms with Crippen molar-refractivity contribution in [2.24, 2.45) is 0 Å². The fourth-order valence-electron chi connectivity index (χ4n) is 2.30. The number of nitrogens with one attached hydrogen (secondary N) is 1. The van der Waals surface area contributed by atoms with Gasteiger partial charge in [-0.05, 0) is 0 Å². The Bertz CT molecular complexity index is 365. The zero-order chi connectivity index (χ0) is 14.5. The van der Waals surface area contributed by atoms with Crippen molar-refractivity contribution in [2.75, 3.05) is 26.4 Å². The van der Waals surface area contributed by atoms with Crippen LogP contribution in [0.1, 0.15) is 13.3 Å². The van der Waals surface area contributed by atoms with Crippen molar-refractivity contribution in [1.82, 2.24) is 5.32 Å². The molecular formula is C11H18N2O7. The van der Waals surface area contributed by atoms with Gasteiger partial charge in [0.25, 0.3) is 5.09 Å². The summed E-state index contributed by atoms with van der Waals surface area (Å²) < 4.78 is 16.4. The summed E-state index contributed by atoms with van der Waals surface area (Å²) in [6.45, 7) is 2.94. The molecule has 2 rings (SSSR count). The van der Waals surface area contributed by atoms with Crippen LogP contribution in [-0.4, -0.2) is 61.8 Å². The molecule has 9 nitrogen and oxygen atoms in total. The largest absolute Gasteiger partial charge is 0.371 e. The van der Waals surface area contributed by atoms with Gasteiger partial charge in [-0.1, -0.05) is 6.92 Å². The van der Waals surface area contributed by atoms with E-state index in [1.54, 1.807) is 6.92 Å². The van der Waals surface area contributed by atoms with Crippen molar-refractivity contribution in [1.29, 1.82) is 0 Å². The Hall–Kier alpha value is -1.45. The van der Waals surface area contributed by atoms with Gasteiger partial charge >= 0.3 is 0 Å². The van der Waals surface area contributed by atoms with Gasteiger partial charge in [0, 0.05) is 13.0 Å². The van der Waals surface area contributed by atoms with Crippen LogP contribution in [0.2, 0.25) is 0 Å². The second-order valence-electron chi connectivity index (χ2n) is 4.58. The fourth-order valence-corrected chi connectivity index (χ4v) is 2.30. The first kappa shape index (κ1) is 14.9. The molecular weight excluding hydrogens is 272 g/mol. The first-order chi connectivity index (χ1) is 9.61. The van der Waals surface area contributed by atoms with Crippen LogP contribution in [0.5, 0.6) is 0 Å². The van der Waals surface area contributed by atoms with E-state index in [1.807, 2.05) is 0 Å². The van der Waals surface area contributed by atoms with Crippen molar-refractivity contribution < 1.29 is 28.9 Å². The van der Waals surface area contributed by atoms with Gasteiger partial charge in [0.2, 0.25) is 5.91 Å². The molecule has 9 heteroatoms. The molecule has 1 amide bonds. The molecule has 0 aromatic rings. The summed E-state index contributed by atoms with van der Waals surface area (Å²) in [5.41, 5.74) is 0. The van der Waals surface area contributed by atoms with Gasteiger partial charge in [-0.3, -0.25) is 4.79 Å². The Morgan fingerprint density at radius 1 is 1.35 bits per heavy atom. The number of hydrogen-bond acceptors (Lipinski definition) is 7. The van der Waals surface area contributed by atoms with Gasteiger partial charge in [0.05, 0.1) is 19.8 Å². The van der Waals surface area contributed by atoms with E-state index in [0.29, 0.717) is 26.2 Å². The van der Waals surface area contributed by atoms with Crippen LogP contribution in [0.3, 0.4) is 0 Å². The summed E-state index contributed by atoms with van der Waals surface area (Å²) in [5.74, 6) is -0.0364. The second-order valence-corrected chi connectivity index (χ2v) is 4.58. The number of amides is 1. The first-order valence-corrected chi connectivity index (χ1v) is 6.54. The lowest BCUT2D eigenvalue weighted by Gasteiger charge is -2.16. The van der Waals surface area contributed by atoms with Crippen molar-refractivity contribution >= 4 is 5.91 Å². The summed E-state index contributed by atoms with van der Waals surface area (Å²) >= 11 is 0. The van der Waals surface area contributed by atoms with Gasteiger partial charge in [-0.25, -0.2) is 0 Å². The van der Waals surface area contributed by atoms with E-state index in [4.69, 9.17) is 14.2 Å². The molecule has 0 aliphatic carbocycles. The molecule has 0 radical (unpaired) electrons. The van der Waals surface area contributed by atoms with Crippen molar-refractivity contribution in [3.05, 3.63) is 10.1 Å². The lowest BCUT2D eigenvalue weighted by atomic mass is 10.1. The highest BCUT2D eigenvalue weighted by Crippen LogP contribution is 2.30. The highest BCUT2D eigenvalue weighted by Gasteiger charge is 2.49. The third-order valence-corrected chi connectivity index (χ3v) is 3.26. The maximum Gasteiger partial charge on any atom is 0.294 e. The van der Waals surface area contributed by atoms with E-state index in [9.17, 15) is 14.9 Å². The summed E-state index contributed by atoms with van der Waals surface area (Å²) in [6.07, 6.45) is -1.40. The molecule has 0 saturated carbocycles. The lowest BCUT2D eigenvalue weighted by Crippen LogP contribution is -2.36. The van der Waals surface area contributed by atoms with Gasteiger partial charge in [0.15, 0.2) is 6.10 Å². The Morgan fingerprint density at radius 2 is 2.00 bits per heavy atom. The van der Waals surface area contributed by atoms with Gasteiger partial charge in [-0.2, -0.15) is 0 Å². The summed E-state index contributed by atoms with van der Waals surface area (Å²) in [4.78, 5) is 25.9. The van der Waals surface area contributed by atoms with E-state index in [-0.39, 0.29) is 24.7 Å². The third kappa shape index (κ3) is 3.56. The molecule has 4 atom stereocenters. The highest BCUT2D eigenvalue weighted by molar-refractivity contribution is 5.75. The minimum absolute atomic E-state index is 0.0364. The van der Waals surface area contributed by atoms with E-state index < -0.39 is 17.3 Å². The summed E-state index contributed by atoms with van der Waals surface area (Å²) in [7, 11) is 0. The minimum Gasteiger partial charge on any atom is -0.371 e. The Balaban J connectivity index is 1.71. The Kier molecular flexibility index (Phi) is 5.10. The quantitative estimate of drug-likeness (QED) is 0.374. The summed E-state index contributed by atoms with van der Waals surface area (Å²) in [6, 6.07) is 0. The molecule has 114 valence electrons. The molecule has 2 fully saturated rings. The zero-order valence-electron chi connectivity index (χ0n) is 11.1. The number of ether oxygens (including phenoxy) is 3. The van der Waals surface area contributed by atoms with Crippen molar-refractivity contribution in [3.8, 4) is 0 Å². The van der Waals surface area contributed by atoms with Crippen LogP contribution in [0.25, 0.3) is 0 Å². The number of nitrogens with zero attached hydrogens (tertiary/aromatic N) is 1. The first-order valence-electron chi connectivity index (χ1n) is 6.54. The van der Waals surface area contributed by atoms with E-state index in [1.165, 1.54) is 0 Å². The van der Waals surface area contributed by atoms with E-state index >= 15 is 0 Å². The number of fused-ring (bicyclic) bond motifs is 1. The normalized spacial score (nSPS) is 31.9. The van der Waals surface area contributed by atoms with Gasteiger partial charge in [0.1, 0.15) is 18.3 Å². The molecule has 0 spiro atoms. The molecule has 0 aromatic carbocycles. The molecule has 2 aliphatic rings. The molecule has 0 bridgehead atoms. The number of rotatable bonds is 7. The smallest absolute Gasteiger partial charge is 0.294 e. The number of carbonyl (C=O) groups is 1. The van der Waals surface area contributed by atoms with Crippen molar-refractivity contribution in [3.63, 3.8) is 0 Å². The molecule has 2 aliphatic heterocycles. The van der Waals surface area contributed by atoms with E-state index in [2.05, 4.69) is 10.2 Å². The molecule has 0 aromatic heterocycles. The molecule has 2 saturated heterocycles. The maximum absolute atomic E-state index is 11.0. The van der Waals surface area contributed by atoms with Crippen LogP contribution in [-0.2, 0) is 23.8 Å². The molecule has 0 unspecified atom stereocenters. The second kappa shape index (κ2) is 6.82. The summed E-state index contributed by atoms with van der Waals surface area (Å²) in [5, 5.41) is 12.2. The minimum atomic E-state index is -0.839. The SMILES string of the molecule is CCC(=O)NCCO[C@@H]1CO[C@H]2[C@@H]1OC[C@@H]2O[N+](=O)[O-]. The predicted octanol–water partition coefficient (Wildman–Crippen LogP) is -0.728. The van der Waals surface area contributed by atoms with Crippen LogP contribution < -0.4 is 5.32 Å². The third-order valence-electron chi connectivity index (χ3n) is 3.26. The average Bonchev–Trinajstić information content (AvgIpc) is 2.98. The zero-order valence-corrected chi connectivity index (χ0v) is 11.1. The maximum atomic E-state index is 11.0. The molecule has 2 heterocycles. The fraction of sp³-hybridized carbons (Fsp3) is 0.909. The average molecular weight is 290 g/mol. The standard InChI is InChI=1S/C11H18N2O7/c1-2-9(14)12-3-4-17-7-5-18-11-8(20-13(15)16)6-19-10(7)11/h7-8,10-11H,2-6H2,1H3,(H,12,14)/t7-,8+,10-,11-/m1/s1. The monoisotopic (exact) mass is 290 g/mol. The van der Waals surface area contributed by atoms with Gasteiger partial charge in [-0.15, -0.1) is 10.1 Å². The number of carbonyl (C=O) groups excluding carboxylic acids is 1. The Labute approximate surface area is 115 Å².